The molecule has 0 aliphatic carbocycles. The van der Waals surface area contributed by atoms with Crippen LogP contribution in [0.25, 0.3) is 0 Å². The highest BCUT2D eigenvalue weighted by Crippen LogP contribution is 2.27. The van der Waals surface area contributed by atoms with Crippen molar-refractivity contribution in [2.45, 2.75) is 24.8 Å². The number of anilines is 1. The number of ether oxygens (including phenoxy) is 1. The van der Waals surface area contributed by atoms with Crippen molar-refractivity contribution in [3.05, 3.63) is 94.0 Å². The van der Waals surface area contributed by atoms with E-state index in [2.05, 4.69) is 0 Å². The number of rotatable bonds is 8. The number of nitrogens with zero attached hydrogens (tertiary/aromatic N) is 1. The second-order valence-corrected chi connectivity index (χ2v) is 9.48. The Morgan fingerprint density at radius 1 is 0.839 bits per heavy atom. The monoisotopic (exact) mass is 477 g/mol. The maximum absolute atomic E-state index is 13.4. The molecular formula is C23H21Cl2NO4S. The number of hydrogen-bond donors (Lipinski definition) is 0. The van der Waals surface area contributed by atoms with Crippen molar-refractivity contribution in [1.29, 1.82) is 0 Å². The first-order valence-corrected chi connectivity index (χ1v) is 11.8. The summed E-state index contributed by atoms with van der Waals surface area (Å²) in [7, 11) is -3.87. The van der Waals surface area contributed by atoms with Crippen molar-refractivity contribution in [1.82, 2.24) is 0 Å². The molecule has 3 aromatic carbocycles. The van der Waals surface area contributed by atoms with Crippen LogP contribution in [0.4, 0.5) is 5.69 Å². The molecule has 0 saturated carbocycles. The van der Waals surface area contributed by atoms with Crippen LogP contribution in [0.3, 0.4) is 0 Å². The minimum atomic E-state index is -3.87. The lowest BCUT2D eigenvalue weighted by molar-refractivity contribution is -0.142. The third kappa shape index (κ3) is 6.00. The molecule has 3 rings (SSSR count). The van der Waals surface area contributed by atoms with Crippen LogP contribution in [-0.4, -0.2) is 21.0 Å². The van der Waals surface area contributed by atoms with Gasteiger partial charge in [-0.25, -0.2) is 8.42 Å². The predicted octanol–water partition coefficient (Wildman–Crippen LogP) is 5.49. The molecule has 0 amide bonds. The average Bonchev–Trinajstić information content (AvgIpc) is 2.74. The Bertz CT molecular complexity index is 1130. The van der Waals surface area contributed by atoms with Gasteiger partial charge < -0.3 is 4.74 Å². The second-order valence-electron chi connectivity index (χ2n) is 6.74. The Hall–Kier alpha value is -2.54. The lowest BCUT2D eigenvalue weighted by Crippen LogP contribution is -2.30. The van der Waals surface area contributed by atoms with Crippen LogP contribution in [-0.2, 0) is 32.5 Å². The van der Waals surface area contributed by atoms with E-state index in [1.807, 2.05) is 0 Å². The molecule has 8 heteroatoms. The first kappa shape index (κ1) is 23.1. The fraction of sp³-hybridized carbons (Fsp3) is 0.174. The van der Waals surface area contributed by atoms with Gasteiger partial charge in [-0.15, -0.1) is 0 Å². The van der Waals surface area contributed by atoms with E-state index in [0.717, 1.165) is 11.1 Å². The number of carbonyl (C=O) groups is 1. The van der Waals surface area contributed by atoms with Gasteiger partial charge in [0.1, 0.15) is 0 Å². The molecule has 0 radical (unpaired) electrons. The SMILES string of the molecule is CCOC(=O)Cc1ccc(N(Cc2ccc(Cl)cc2)S(=O)(=O)c2ccc(Cl)cc2)cc1. The molecule has 0 bridgehead atoms. The number of esters is 1. The highest BCUT2D eigenvalue weighted by molar-refractivity contribution is 7.92. The Morgan fingerprint density at radius 2 is 1.35 bits per heavy atom. The summed E-state index contributed by atoms with van der Waals surface area (Å²) in [4.78, 5) is 11.8. The van der Waals surface area contributed by atoms with Crippen molar-refractivity contribution >= 4 is 44.9 Å². The zero-order valence-corrected chi connectivity index (χ0v) is 19.1. The number of hydrogen-bond acceptors (Lipinski definition) is 4. The minimum absolute atomic E-state index is 0.110. The van der Waals surface area contributed by atoms with Gasteiger partial charge in [-0.05, 0) is 66.6 Å². The van der Waals surface area contributed by atoms with Crippen molar-refractivity contribution in [2.24, 2.45) is 0 Å². The normalized spacial score (nSPS) is 11.2. The lowest BCUT2D eigenvalue weighted by Gasteiger charge is -2.25. The minimum Gasteiger partial charge on any atom is -0.466 e. The van der Waals surface area contributed by atoms with Crippen LogP contribution < -0.4 is 4.31 Å². The maximum Gasteiger partial charge on any atom is 0.310 e. The quantitative estimate of drug-likeness (QED) is 0.402. The van der Waals surface area contributed by atoms with Gasteiger partial charge in [0.05, 0.1) is 30.2 Å². The molecule has 0 aliphatic heterocycles. The third-order valence-corrected chi connectivity index (χ3v) is 6.81. The van der Waals surface area contributed by atoms with E-state index >= 15 is 0 Å². The van der Waals surface area contributed by atoms with E-state index < -0.39 is 10.0 Å². The molecule has 0 fully saturated rings. The van der Waals surface area contributed by atoms with E-state index in [1.54, 1.807) is 55.5 Å². The zero-order chi connectivity index (χ0) is 22.4. The average molecular weight is 478 g/mol. The first-order valence-electron chi connectivity index (χ1n) is 9.57. The van der Waals surface area contributed by atoms with Gasteiger partial charge in [-0.1, -0.05) is 47.5 Å². The molecule has 0 spiro atoms. The van der Waals surface area contributed by atoms with Crippen LogP contribution in [0.2, 0.25) is 10.0 Å². The highest BCUT2D eigenvalue weighted by atomic mass is 35.5. The van der Waals surface area contributed by atoms with Gasteiger partial charge in [0.15, 0.2) is 0 Å². The van der Waals surface area contributed by atoms with Gasteiger partial charge in [-0.3, -0.25) is 9.10 Å². The number of benzene rings is 3. The standard InChI is InChI=1S/C23H21Cl2NO4S/c1-2-30-23(27)15-17-5-11-21(12-6-17)26(16-18-3-7-19(24)8-4-18)31(28,29)22-13-9-20(25)10-14-22/h3-14H,2,15-16H2,1H3. The number of halogens is 2. The van der Waals surface area contributed by atoms with Crippen LogP contribution in [0.15, 0.2) is 77.7 Å². The number of sulfonamides is 1. The second kappa shape index (κ2) is 10.2. The van der Waals surface area contributed by atoms with Gasteiger partial charge in [0.2, 0.25) is 0 Å². The summed E-state index contributed by atoms with van der Waals surface area (Å²) in [6.45, 7) is 2.17. The molecule has 0 heterocycles. The smallest absolute Gasteiger partial charge is 0.310 e. The summed E-state index contributed by atoms with van der Waals surface area (Å²) in [5.74, 6) is -0.331. The molecule has 0 aliphatic rings. The van der Waals surface area contributed by atoms with E-state index in [9.17, 15) is 13.2 Å². The molecule has 162 valence electrons. The molecule has 0 saturated heterocycles. The molecule has 0 N–H and O–H groups in total. The first-order chi connectivity index (χ1) is 14.8. The van der Waals surface area contributed by atoms with E-state index in [1.165, 1.54) is 28.6 Å². The number of carbonyl (C=O) groups excluding carboxylic acids is 1. The van der Waals surface area contributed by atoms with Crippen molar-refractivity contribution in [2.75, 3.05) is 10.9 Å². The maximum atomic E-state index is 13.4. The Kier molecular flexibility index (Phi) is 7.59. The fourth-order valence-electron chi connectivity index (χ4n) is 2.96. The molecular weight excluding hydrogens is 457 g/mol. The largest absolute Gasteiger partial charge is 0.466 e. The van der Waals surface area contributed by atoms with Crippen molar-refractivity contribution in [3.8, 4) is 0 Å². The molecule has 3 aromatic rings. The Labute approximate surface area is 192 Å². The fourth-order valence-corrected chi connectivity index (χ4v) is 4.67. The summed E-state index contributed by atoms with van der Waals surface area (Å²) in [5.41, 5.74) is 1.98. The zero-order valence-electron chi connectivity index (χ0n) is 16.8. The Morgan fingerprint density at radius 3 is 1.90 bits per heavy atom. The molecule has 0 aromatic heterocycles. The lowest BCUT2D eigenvalue weighted by atomic mass is 10.1. The van der Waals surface area contributed by atoms with Crippen molar-refractivity contribution in [3.63, 3.8) is 0 Å². The molecule has 31 heavy (non-hydrogen) atoms. The summed E-state index contributed by atoms with van der Waals surface area (Å²) >= 11 is 11.9. The van der Waals surface area contributed by atoms with Crippen molar-refractivity contribution < 1.29 is 17.9 Å². The third-order valence-electron chi connectivity index (χ3n) is 4.52. The van der Waals surface area contributed by atoms with Gasteiger partial charge in [0, 0.05) is 10.0 Å². The molecule has 0 atom stereocenters. The Balaban J connectivity index is 1.96. The summed E-state index contributed by atoms with van der Waals surface area (Å²) < 4.78 is 33.2. The van der Waals surface area contributed by atoms with E-state index in [0.29, 0.717) is 22.3 Å². The van der Waals surface area contributed by atoms with E-state index in [4.69, 9.17) is 27.9 Å². The summed E-state index contributed by atoms with van der Waals surface area (Å²) in [5, 5.41) is 1.02. The van der Waals surface area contributed by atoms with Crippen LogP contribution in [0.1, 0.15) is 18.1 Å². The summed E-state index contributed by atoms with van der Waals surface area (Å²) in [6, 6.07) is 19.8. The summed E-state index contributed by atoms with van der Waals surface area (Å²) in [6.07, 6.45) is 0.120. The van der Waals surface area contributed by atoms with Gasteiger partial charge >= 0.3 is 5.97 Å². The van der Waals surface area contributed by atoms with Gasteiger partial charge in [0.25, 0.3) is 10.0 Å². The molecule has 5 nitrogen and oxygen atoms in total. The van der Waals surface area contributed by atoms with Crippen LogP contribution in [0, 0.1) is 0 Å². The predicted molar refractivity (Wildman–Crippen MR) is 123 cm³/mol. The van der Waals surface area contributed by atoms with E-state index in [-0.39, 0.29) is 23.8 Å². The van der Waals surface area contributed by atoms with Crippen LogP contribution >= 0.6 is 23.2 Å². The van der Waals surface area contributed by atoms with Gasteiger partial charge in [-0.2, -0.15) is 0 Å². The topological polar surface area (TPSA) is 63.7 Å². The molecule has 0 unspecified atom stereocenters. The highest BCUT2D eigenvalue weighted by Gasteiger charge is 2.25. The van der Waals surface area contributed by atoms with Crippen LogP contribution in [0.5, 0.6) is 0 Å².